The van der Waals surface area contributed by atoms with E-state index in [0.717, 1.165) is 0 Å². The number of hydrogen-bond acceptors (Lipinski definition) is 8. The van der Waals surface area contributed by atoms with Crippen molar-refractivity contribution < 1.29 is 38.4 Å². The summed E-state index contributed by atoms with van der Waals surface area (Å²) in [4.78, 5) is 25.8. The first kappa shape index (κ1) is 21.8. The molecule has 9 heteroatoms. The number of carbonyl (C=O) groups is 2. The minimum Gasteiger partial charge on any atom is -0.497 e. The van der Waals surface area contributed by atoms with Gasteiger partial charge in [0.1, 0.15) is 11.5 Å². The zero-order chi connectivity index (χ0) is 21.4. The maximum atomic E-state index is 13.0. The van der Waals surface area contributed by atoms with Gasteiger partial charge in [0, 0.05) is 24.3 Å². The minimum absolute atomic E-state index is 0.0362. The van der Waals surface area contributed by atoms with Crippen LogP contribution in [0.25, 0.3) is 0 Å². The lowest BCUT2D eigenvalue weighted by Crippen LogP contribution is -2.49. The third-order valence-electron chi connectivity index (χ3n) is 5.26. The predicted molar refractivity (Wildman–Crippen MR) is 104 cm³/mol. The van der Waals surface area contributed by atoms with Crippen LogP contribution in [0.1, 0.15) is 31.4 Å². The van der Waals surface area contributed by atoms with Crippen LogP contribution in [0.3, 0.4) is 0 Å². The lowest BCUT2D eigenvalue weighted by molar-refractivity contribution is -0.214. The first-order valence-corrected chi connectivity index (χ1v) is 9.82. The van der Waals surface area contributed by atoms with Gasteiger partial charge in [-0.05, 0) is 19.1 Å². The highest BCUT2D eigenvalue weighted by atomic mass is 79.9. The Morgan fingerprint density at radius 1 is 1.28 bits per heavy atom. The van der Waals surface area contributed by atoms with Gasteiger partial charge < -0.3 is 28.8 Å². The summed E-state index contributed by atoms with van der Waals surface area (Å²) in [7, 11) is 4.37. The normalized spacial score (nSPS) is 25.4. The number of methoxy groups -OCH3 is 3. The molecule has 0 radical (unpaired) electrons. The van der Waals surface area contributed by atoms with Gasteiger partial charge in [-0.15, -0.1) is 0 Å². The van der Waals surface area contributed by atoms with Crippen LogP contribution in [0.5, 0.6) is 5.75 Å². The van der Waals surface area contributed by atoms with Gasteiger partial charge in [-0.3, -0.25) is 4.79 Å². The molecule has 0 saturated carbocycles. The molecule has 158 valence electrons. The summed E-state index contributed by atoms with van der Waals surface area (Å²) in [5.74, 6) is -1.96. The molecule has 2 aliphatic rings. The molecule has 0 unspecified atom stereocenters. The largest absolute Gasteiger partial charge is 0.497 e. The molecular weight excluding hydrogens is 448 g/mol. The highest BCUT2D eigenvalue weighted by Gasteiger charge is 2.63. The van der Waals surface area contributed by atoms with Crippen molar-refractivity contribution in [2.45, 2.75) is 37.3 Å². The molecule has 29 heavy (non-hydrogen) atoms. The number of benzene rings is 1. The zero-order valence-corrected chi connectivity index (χ0v) is 18.2. The minimum atomic E-state index is -2.30. The molecule has 1 aliphatic heterocycles. The van der Waals surface area contributed by atoms with E-state index in [0.29, 0.717) is 15.8 Å². The molecule has 1 aromatic rings. The Morgan fingerprint density at radius 2 is 1.97 bits per heavy atom. The fraction of sp³-hybridized carbons (Fsp3) is 0.500. The summed E-state index contributed by atoms with van der Waals surface area (Å²) in [6.45, 7) is 1.66. The van der Waals surface area contributed by atoms with E-state index in [1.807, 2.05) is 0 Å². The Morgan fingerprint density at radius 3 is 2.52 bits per heavy atom. The Hall–Kier alpha value is -1.94. The van der Waals surface area contributed by atoms with Gasteiger partial charge in [0.2, 0.25) is 5.60 Å². The van der Waals surface area contributed by atoms with Crippen LogP contribution >= 0.6 is 15.9 Å². The number of hydrogen-bond donors (Lipinski definition) is 1. The van der Waals surface area contributed by atoms with Gasteiger partial charge in [0.15, 0.2) is 17.7 Å². The second kappa shape index (κ2) is 8.06. The fourth-order valence-electron chi connectivity index (χ4n) is 3.73. The van der Waals surface area contributed by atoms with Crippen LogP contribution in [0.15, 0.2) is 34.0 Å². The van der Waals surface area contributed by atoms with Gasteiger partial charge in [-0.1, -0.05) is 22.0 Å². The molecule has 1 aromatic carbocycles. The third-order valence-corrected chi connectivity index (χ3v) is 5.95. The van der Waals surface area contributed by atoms with Crippen molar-refractivity contribution in [3.63, 3.8) is 0 Å². The molecule has 0 amide bonds. The molecule has 1 N–H and O–H groups in total. The number of ether oxygens (including phenoxy) is 5. The van der Waals surface area contributed by atoms with Gasteiger partial charge in [0.05, 0.1) is 32.1 Å². The van der Waals surface area contributed by atoms with E-state index in [2.05, 4.69) is 15.9 Å². The average molecular weight is 471 g/mol. The van der Waals surface area contributed by atoms with Crippen LogP contribution in [0.2, 0.25) is 0 Å². The number of esters is 1. The Balaban J connectivity index is 2.13. The lowest BCUT2D eigenvalue weighted by Gasteiger charge is -2.34. The average Bonchev–Trinajstić information content (AvgIpc) is 3.01. The number of Topliss-reactive ketones (excluding diaryl/α,β-unsaturated/α-hetero) is 1. The number of ketones is 1. The van der Waals surface area contributed by atoms with Crippen molar-refractivity contribution in [1.29, 1.82) is 0 Å². The highest BCUT2D eigenvalue weighted by molar-refractivity contribution is 9.10. The van der Waals surface area contributed by atoms with Crippen molar-refractivity contribution in [1.82, 2.24) is 0 Å². The van der Waals surface area contributed by atoms with Crippen LogP contribution in [0, 0.1) is 0 Å². The van der Waals surface area contributed by atoms with E-state index in [1.54, 1.807) is 25.1 Å². The quantitative estimate of drug-likeness (QED) is 0.499. The van der Waals surface area contributed by atoms with Crippen molar-refractivity contribution >= 4 is 27.7 Å². The maximum absolute atomic E-state index is 13.0. The van der Waals surface area contributed by atoms with E-state index >= 15 is 0 Å². The Bertz CT molecular complexity index is 860. The summed E-state index contributed by atoms with van der Waals surface area (Å²) in [6, 6.07) is 5.00. The molecule has 2 atom stereocenters. The van der Waals surface area contributed by atoms with Crippen molar-refractivity contribution in [3.05, 3.63) is 39.6 Å². The smallest absolute Gasteiger partial charge is 0.347 e. The molecule has 0 saturated heterocycles. The topological polar surface area (TPSA) is 101 Å². The predicted octanol–water partition coefficient (Wildman–Crippen LogP) is 2.43. The van der Waals surface area contributed by atoms with Crippen LogP contribution < -0.4 is 4.74 Å². The SMILES string of the molecule is CCOC(=O)[C@@]1(O)C2=C(CC(OC)(OC)CC2=O)O[C@H]1c1ccc(OC)cc1Br. The Kier molecular flexibility index (Phi) is 6.05. The molecule has 0 aromatic heterocycles. The zero-order valence-electron chi connectivity index (χ0n) is 16.6. The summed E-state index contributed by atoms with van der Waals surface area (Å²) < 4.78 is 27.6. The molecule has 0 bridgehead atoms. The second-order valence-corrected chi connectivity index (χ2v) is 7.62. The number of halogens is 1. The monoisotopic (exact) mass is 470 g/mol. The van der Waals surface area contributed by atoms with E-state index in [9.17, 15) is 14.7 Å². The first-order valence-electron chi connectivity index (χ1n) is 9.03. The highest BCUT2D eigenvalue weighted by Crippen LogP contribution is 2.52. The summed E-state index contributed by atoms with van der Waals surface area (Å²) in [6.07, 6.45) is -1.30. The third kappa shape index (κ3) is 3.46. The van der Waals surface area contributed by atoms with E-state index in [-0.39, 0.29) is 30.8 Å². The maximum Gasteiger partial charge on any atom is 0.347 e. The van der Waals surface area contributed by atoms with Crippen LogP contribution in [-0.2, 0) is 28.5 Å². The summed E-state index contributed by atoms with van der Waals surface area (Å²) >= 11 is 3.43. The van der Waals surface area contributed by atoms with Gasteiger partial charge in [-0.2, -0.15) is 0 Å². The van der Waals surface area contributed by atoms with Crippen molar-refractivity contribution in [2.24, 2.45) is 0 Å². The summed E-state index contributed by atoms with van der Waals surface area (Å²) in [5, 5.41) is 11.5. The molecular formula is C20H23BrO8. The Labute approximate surface area is 176 Å². The van der Waals surface area contributed by atoms with E-state index in [4.69, 9.17) is 23.7 Å². The fourth-order valence-corrected chi connectivity index (χ4v) is 4.29. The molecule has 1 aliphatic carbocycles. The molecule has 0 spiro atoms. The van der Waals surface area contributed by atoms with Crippen LogP contribution in [-0.4, -0.2) is 56.2 Å². The van der Waals surface area contributed by atoms with Gasteiger partial charge in [0.25, 0.3) is 0 Å². The van der Waals surface area contributed by atoms with Crippen LogP contribution in [0.4, 0.5) is 0 Å². The number of carbonyl (C=O) groups excluding carboxylic acids is 2. The molecule has 0 fully saturated rings. The second-order valence-electron chi connectivity index (χ2n) is 6.77. The lowest BCUT2D eigenvalue weighted by atomic mass is 9.78. The number of aliphatic hydroxyl groups is 1. The van der Waals surface area contributed by atoms with Gasteiger partial charge >= 0.3 is 5.97 Å². The number of rotatable bonds is 6. The standard InChI is InChI=1S/C20H23BrO8/c1-5-28-18(23)20(24)16-14(22)9-19(26-3,27-4)10-15(16)29-17(20)12-7-6-11(25-2)8-13(12)21/h6-8,17,24H,5,9-10H2,1-4H3/t17-,20+/m0/s1. The van der Waals surface area contributed by atoms with Gasteiger partial charge in [-0.25, -0.2) is 4.79 Å². The van der Waals surface area contributed by atoms with E-state index < -0.39 is 29.2 Å². The van der Waals surface area contributed by atoms with E-state index in [1.165, 1.54) is 21.3 Å². The van der Waals surface area contributed by atoms with Crippen molar-refractivity contribution in [3.8, 4) is 5.75 Å². The molecule has 1 heterocycles. The first-order chi connectivity index (χ1) is 13.8. The van der Waals surface area contributed by atoms with Crippen molar-refractivity contribution in [2.75, 3.05) is 27.9 Å². The molecule has 8 nitrogen and oxygen atoms in total. The summed E-state index contributed by atoms with van der Waals surface area (Å²) in [5.41, 5.74) is -1.95. The molecule has 3 rings (SSSR count).